The van der Waals surface area contributed by atoms with Crippen LogP contribution in [0, 0.1) is 0 Å². The summed E-state index contributed by atoms with van der Waals surface area (Å²) in [5.41, 5.74) is 0. The summed E-state index contributed by atoms with van der Waals surface area (Å²) in [6.07, 6.45) is -0.928. The van der Waals surface area contributed by atoms with Crippen LogP contribution < -0.4 is 5.32 Å². The van der Waals surface area contributed by atoms with E-state index in [0.29, 0.717) is 12.8 Å². The second-order valence-electron chi connectivity index (χ2n) is 3.21. The van der Waals surface area contributed by atoms with Crippen molar-refractivity contribution in [2.45, 2.75) is 34.9 Å². The molecule has 0 saturated heterocycles. The molecule has 82 valence electrons. The van der Waals surface area contributed by atoms with E-state index in [1.807, 2.05) is 0 Å². The van der Waals surface area contributed by atoms with Crippen LogP contribution in [0.5, 0.6) is 0 Å². The van der Waals surface area contributed by atoms with Crippen LogP contribution >= 0.6 is 34.8 Å². The molecule has 7 heteroatoms. The number of halogens is 3. The van der Waals surface area contributed by atoms with Gasteiger partial charge in [-0.05, 0) is 12.8 Å². The minimum atomic E-state index is -2.03. The first-order chi connectivity index (χ1) is 6.32. The number of carbonyl (C=O) groups is 1. The number of hydrogen-bond acceptors (Lipinski definition) is 3. The maximum Gasteiger partial charge on any atom is 0.272 e. The molecule has 1 saturated carbocycles. The Bertz CT molecular complexity index is 231. The molecule has 14 heavy (non-hydrogen) atoms. The molecule has 0 aromatic heterocycles. The lowest BCUT2D eigenvalue weighted by molar-refractivity contribution is -0.121. The van der Waals surface area contributed by atoms with Crippen molar-refractivity contribution >= 4 is 40.7 Å². The molecule has 0 aromatic rings. The van der Waals surface area contributed by atoms with E-state index >= 15 is 0 Å². The van der Waals surface area contributed by atoms with Crippen molar-refractivity contribution in [3.63, 3.8) is 0 Å². The molecular weight excluding hydrogens is 252 g/mol. The lowest BCUT2D eigenvalue weighted by Crippen LogP contribution is -2.47. The van der Waals surface area contributed by atoms with Crippen molar-refractivity contribution in [1.82, 2.24) is 5.32 Å². The molecular formula is C7H10Cl3NO3. The van der Waals surface area contributed by atoms with Crippen LogP contribution in [0.2, 0.25) is 0 Å². The highest BCUT2D eigenvalue weighted by atomic mass is 35.6. The van der Waals surface area contributed by atoms with E-state index in [-0.39, 0.29) is 0 Å². The Balaban J connectivity index is 2.50. The van der Waals surface area contributed by atoms with Gasteiger partial charge in [0.1, 0.15) is 0 Å². The largest absolute Gasteiger partial charge is 0.390 e. The summed E-state index contributed by atoms with van der Waals surface area (Å²) in [7, 11) is 0. The van der Waals surface area contributed by atoms with E-state index in [1.165, 1.54) is 0 Å². The second-order valence-corrected chi connectivity index (χ2v) is 5.49. The highest BCUT2D eigenvalue weighted by Gasteiger charge is 2.38. The van der Waals surface area contributed by atoms with Crippen molar-refractivity contribution in [1.29, 1.82) is 0 Å². The summed E-state index contributed by atoms with van der Waals surface area (Å²) in [6.45, 7) is 0. The van der Waals surface area contributed by atoms with Gasteiger partial charge in [0.05, 0.1) is 18.2 Å². The summed E-state index contributed by atoms with van der Waals surface area (Å²) in [4.78, 5) is 11.2. The highest BCUT2D eigenvalue weighted by molar-refractivity contribution is 6.76. The van der Waals surface area contributed by atoms with Crippen molar-refractivity contribution in [2.24, 2.45) is 0 Å². The third-order valence-corrected chi connectivity index (χ3v) is 2.67. The van der Waals surface area contributed by atoms with E-state index in [2.05, 4.69) is 5.32 Å². The van der Waals surface area contributed by atoms with Crippen LogP contribution in [-0.4, -0.2) is 38.2 Å². The van der Waals surface area contributed by atoms with Crippen molar-refractivity contribution in [3.8, 4) is 0 Å². The zero-order chi connectivity index (χ0) is 10.9. The lowest BCUT2D eigenvalue weighted by Gasteiger charge is -2.20. The molecule has 3 N–H and O–H groups in total. The number of amides is 1. The zero-order valence-electron chi connectivity index (χ0n) is 7.08. The molecule has 3 atom stereocenters. The van der Waals surface area contributed by atoms with Gasteiger partial charge in [0.15, 0.2) is 0 Å². The summed E-state index contributed by atoms with van der Waals surface area (Å²) < 4.78 is -2.03. The van der Waals surface area contributed by atoms with Crippen molar-refractivity contribution < 1.29 is 15.0 Å². The van der Waals surface area contributed by atoms with Crippen LogP contribution in [0.4, 0.5) is 0 Å². The first-order valence-electron chi connectivity index (χ1n) is 4.06. The number of alkyl halides is 3. The average Bonchev–Trinajstić information content (AvgIpc) is 2.34. The molecule has 0 bridgehead atoms. The second kappa shape index (κ2) is 4.41. The van der Waals surface area contributed by atoms with Gasteiger partial charge in [0.25, 0.3) is 9.70 Å². The van der Waals surface area contributed by atoms with E-state index in [0.717, 1.165) is 0 Å². The van der Waals surface area contributed by atoms with Gasteiger partial charge in [-0.3, -0.25) is 4.79 Å². The average molecular weight is 263 g/mol. The number of nitrogens with one attached hydrogen (secondary N) is 1. The highest BCUT2D eigenvalue weighted by Crippen LogP contribution is 2.27. The minimum Gasteiger partial charge on any atom is -0.390 e. The van der Waals surface area contributed by atoms with E-state index in [1.54, 1.807) is 0 Å². The van der Waals surface area contributed by atoms with Gasteiger partial charge in [-0.2, -0.15) is 0 Å². The van der Waals surface area contributed by atoms with E-state index in [9.17, 15) is 15.0 Å². The molecule has 1 amide bonds. The molecule has 1 fully saturated rings. The maximum absolute atomic E-state index is 11.2. The van der Waals surface area contributed by atoms with Gasteiger partial charge in [-0.15, -0.1) is 0 Å². The van der Waals surface area contributed by atoms with E-state index < -0.39 is 27.9 Å². The molecule has 1 aliphatic rings. The number of rotatable bonds is 1. The molecule has 0 spiro atoms. The molecule has 0 unspecified atom stereocenters. The van der Waals surface area contributed by atoms with Crippen LogP contribution in [0.3, 0.4) is 0 Å². The maximum atomic E-state index is 11.2. The fraction of sp³-hybridized carbons (Fsp3) is 0.857. The minimum absolute atomic E-state index is 0.423. The standard InChI is InChI=1S/C7H10Cl3NO3/c8-7(9,10)6(14)11-3-1-2-4(12)5(3)13/h3-5,12-13H,1-2H2,(H,11,14)/t3-,4-,5+/m0/s1. The summed E-state index contributed by atoms with van der Waals surface area (Å²) >= 11 is 16.0. The normalized spacial score (nSPS) is 33.1. The Morgan fingerprint density at radius 3 is 2.21 bits per heavy atom. The quantitative estimate of drug-likeness (QED) is 0.598. The fourth-order valence-corrected chi connectivity index (χ4v) is 1.53. The van der Waals surface area contributed by atoms with Gasteiger partial charge in [-0.1, -0.05) is 34.8 Å². The monoisotopic (exact) mass is 261 g/mol. The predicted molar refractivity (Wildman–Crippen MR) is 53.5 cm³/mol. The summed E-state index contributed by atoms with van der Waals surface area (Å²) in [6, 6.07) is -0.548. The van der Waals surface area contributed by atoms with Crippen molar-refractivity contribution in [2.75, 3.05) is 0 Å². The number of aliphatic hydroxyl groups is 2. The topological polar surface area (TPSA) is 69.6 Å². The molecule has 1 aliphatic carbocycles. The molecule has 1 rings (SSSR count). The molecule has 0 aromatic carbocycles. The molecule has 0 aliphatic heterocycles. The van der Waals surface area contributed by atoms with Gasteiger partial charge in [-0.25, -0.2) is 0 Å². The molecule has 0 heterocycles. The number of hydrogen-bond donors (Lipinski definition) is 3. The van der Waals surface area contributed by atoms with Crippen molar-refractivity contribution in [3.05, 3.63) is 0 Å². The van der Waals surface area contributed by atoms with Gasteiger partial charge >= 0.3 is 0 Å². The first kappa shape index (κ1) is 12.3. The van der Waals surface area contributed by atoms with Gasteiger partial charge < -0.3 is 15.5 Å². The van der Waals surface area contributed by atoms with Crippen LogP contribution in [0.1, 0.15) is 12.8 Å². The SMILES string of the molecule is O=C(N[C@H]1CC[C@H](O)[C@@H]1O)C(Cl)(Cl)Cl. The summed E-state index contributed by atoms with van der Waals surface area (Å²) in [5, 5.41) is 20.9. The lowest BCUT2D eigenvalue weighted by atomic mass is 10.2. The predicted octanol–water partition coefficient (Wildman–Crippen LogP) is 0.357. The van der Waals surface area contributed by atoms with E-state index in [4.69, 9.17) is 34.8 Å². The fourth-order valence-electron chi connectivity index (χ4n) is 1.37. The zero-order valence-corrected chi connectivity index (χ0v) is 9.35. The number of carbonyl (C=O) groups excluding carboxylic acids is 1. The number of aliphatic hydroxyl groups excluding tert-OH is 2. The van der Waals surface area contributed by atoms with Crippen LogP contribution in [0.15, 0.2) is 0 Å². The van der Waals surface area contributed by atoms with Crippen LogP contribution in [-0.2, 0) is 4.79 Å². The Morgan fingerprint density at radius 2 is 1.86 bits per heavy atom. The Labute approximate surface area is 96.1 Å². The molecule has 0 radical (unpaired) electrons. The Hall–Kier alpha value is 0.260. The summed E-state index contributed by atoms with van der Waals surface area (Å²) in [5.74, 6) is -0.791. The third-order valence-electron chi connectivity index (χ3n) is 2.15. The van der Waals surface area contributed by atoms with Crippen LogP contribution in [0.25, 0.3) is 0 Å². The Morgan fingerprint density at radius 1 is 1.29 bits per heavy atom. The first-order valence-corrected chi connectivity index (χ1v) is 5.19. The Kier molecular flexibility index (Phi) is 3.88. The smallest absolute Gasteiger partial charge is 0.272 e. The van der Waals surface area contributed by atoms with Gasteiger partial charge in [0, 0.05) is 0 Å². The van der Waals surface area contributed by atoms with Gasteiger partial charge in [0.2, 0.25) is 0 Å². The molecule has 4 nitrogen and oxygen atoms in total. The third kappa shape index (κ3) is 2.87.